The van der Waals surface area contributed by atoms with Crippen LogP contribution in [0.2, 0.25) is 0 Å². The van der Waals surface area contributed by atoms with Crippen LogP contribution in [0.5, 0.6) is 5.75 Å². The third kappa shape index (κ3) is 4.03. The molecule has 0 bridgehead atoms. The van der Waals surface area contributed by atoms with Gasteiger partial charge in [-0.25, -0.2) is 0 Å². The fourth-order valence-corrected chi connectivity index (χ4v) is 10.2. The SMILES string of the molecule is COc1ccc2nn(CC(=O)[C@H]3[C@H](C(C)C)C[C@H]4[C@@H]5CC[C@H]6C[C@](C)(O)CC[C@]6(C)[C@H]5CC[C@@]43C)nc2c1. The second-order valence-electron chi connectivity index (χ2n) is 14.6. The van der Waals surface area contributed by atoms with E-state index in [4.69, 9.17) is 4.74 Å². The number of methoxy groups -OCH3 is 1. The molecule has 6 nitrogen and oxygen atoms in total. The summed E-state index contributed by atoms with van der Waals surface area (Å²) in [6.45, 7) is 11.9. The monoisotopic (exact) mass is 521 g/mol. The maximum atomic E-state index is 14.2. The van der Waals surface area contributed by atoms with Crippen molar-refractivity contribution in [3.8, 4) is 5.75 Å². The number of aromatic nitrogens is 3. The lowest BCUT2D eigenvalue weighted by molar-refractivity contribution is -0.151. The molecule has 2 aromatic rings. The Bertz CT molecular complexity index is 1220. The highest BCUT2D eigenvalue weighted by Gasteiger charge is 2.64. The molecule has 0 radical (unpaired) electrons. The topological polar surface area (TPSA) is 77.2 Å². The van der Waals surface area contributed by atoms with Crippen LogP contribution < -0.4 is 4.74 Å². The van der Waals surface area contributed by atoms with Crippen molar-refractivity contribution in [2.45, 2.75) is 98.1 Å². The summed E-state index contributed by atoms with van der Waals surface area (Å²) >= 11 is 0. The van der Waals surface area contributed by atoms with Crippen LogP contribution >= 0.6 is 0 Å². The van der Waals surface area contributed by atoms with Crippen LogP contribution in [0.1, 0.15) is 86.0 Å². The lowest BCUT2D eigenvalue weighted by atomic mass is 9.44. The van der Waals surface area contributed by atoms with Crippen molar-refractivity contribution in [1.82, 2.24) is 15.0 Å². The van der Waals surface area contributed by atoms with Gasteiger partial charge in [-0.3, -0.25) is 4.79 Å². The Balaban J connectivity index is 1.27. The van der Waals surface area contributed by atoms with Crippen LogP contribution in [0.15, 0.2) is 18.2 Å². The Morgan fingerprint density at radius 2 is 1.82 bits per heavy atom. The van der Waals surface area contributed by atoms with Gasteiger partial charge in [-0.2, -0.15) is 15.0 Å². The standard InChI is InChI=1S/C32H47N3O3/c1-19(2)23-16-25-22-9-7-20-17-30(3,37)13-14-31(20,4)24(22)11-12-32(25,5)29(23)28(36)18-35-33-26-10-8-21(38-6)15-27(26)34-35/h8,10,15,19-20,22-25,29,37H,7,9,11-14,16-18H2,1-6H3/t20-,22+,23-,24-,25-,29+,30+,31-,32-/m0/s1. The number of ketones is 1. The number of benzene rings is 1. The van der Waals surface area contributed by atoms with E-state index in [0.717, 1.165) is 48.4 Å². The molecule has 6 heteroatoms. The Labute approximate surface area is 227 Å². The summed E-state index contributed by atoms with van der Waals surface area (Å²) in [6.07, 6.45) is 9.08. The molecule has 4 fully saturated rings. The van der Waals surface area contributed by atoms with Gasteiger partial charge in [0.25, 0.3) is 0 Å². The Kier molecular flexibility index (Phi) is 6.25. The first-order valence-electron chi connectivity index (χ1n) is 15.1. The van der Waals surface area contributed by atoms with Gasteiger partial charge >= 0.3 is 0 Å². The fourth-order valence-electron chi connectivity index (χ4n) is 10.2. The van der Waals surface area contributed by atoms with Gasteiger partial charge in [0.05, 0.1) is 12.7 Å². The van der Waals surface area contributed by atoms with Crippen molar-refractivity contribution in [2.75, 3.05) is 7.11 Å². The molecule has 6 rings (SSSR count). The number of carbonyl (C=O) groups excluding carboxylic acids is 1. The molecule has 0 saturated heterocycles. The molecule has 208 valence electrons. The Hall–Kier alpha value is -1.95. The number of carbonyl (C=O) groups is 1. The van der Waals surface area contributed by atoms with E-state index in [1.165, 1.54) is 25.7 Å². The quantitative estimate of drug-likeness (QED) is 0.500. The number of Topliss-reactive ketones (excluding diaryl/α,β-unsaturated/α-hetero) is 1. The lowest BCUT2D eigenvalue weighted by Crippen LogP contribution is -2.55. The van der Waals surface area contributed by atoms with E-state index in [0.29, 0.717) is 40.8 Å². The molecule has 1 aromatic heterocycles. The van der Waals surface area contributed by atoms with Crippen molar-refractivity contribution < 1.29 is 14.6 Å². The third-order valence-corrected chi connectivity index (χ3v) is 12.2. The average Bonchev–Trinajstić information content (AvgIpc) is 3.41. The molecule has 9 atom stereocenters. The minimum atomic E-state index is -0.496. The largest absolute Gasteiger partial charge is 0.497 e. The summed E-state index contributed by atoms with van der Waals surface area (Å²) in [5.74, 6) is 4.70. The van der Waals surface area contributed by atoms with Gasteiger partial charge in [-0.15, -0.1) is 0 Å². The third-order valence-electron chi connectivity index (χ3n) is 12.2. The summed E-state index contributed by atoms with van der Waals surface area (Å²) in [5.41, 5.74) is 1.45. The number of hydrogen-bond acceptors (Lipinski definition) is 5. The van der Waals surface area contributed by atoms with Crippen LogP contribution in [-0.2, 0) is 11.3 Å². The summed E-state index contributed by atoms with van der Waals surface area (Å²) < 4.78 is 5.34. The van der Waals surface area contributed by atoms with Crippen molar-refractivity contribution >= 4 is 16.8 Å². The molecule has 0 aliphatic heterocycles. The zero-order chi connectivity index (χ0) is 27.0. The first-order chi connectivity index (χ1) is 17.9. The van der Waals surface area contributed by atoms with E-state index in [1.54, 1.807) is 11.9 Å². The summed E-state index contributed by atoms with van der Waals surface area (Å²) in [5, 5.41) is 20.1. The molecule has 0 unspecified atom stereocenters. The van der Waals surface area contributed by atoms with Crippen LogP contribution in [0.25, 0.3) is 11.0 Å². The number of rotatable bonds is 5. The molecule has 1 heterocycles. The molecule has 4 saturated carbocycles. The van der Waals surface area contributed by atoms with E-state index in [2.05, 4.69) is 37.9 Å². The van der Waals surface area contributed by atoms with Crippen LogP contribution in [0.4, 0.5) is 0 Å². The summed E-state index contributed by atoms with van der Waals surface area (Å²) in [4.78, 5) is 15.8. The predicted molar refractivity (Wildman–Crippen MR) is 149 cm³/mol. The van der Waals surface area contributed by atoms with E-state index < -0.39 is 5.60 Å². The highest BCUT2D eigenvalue weighted by molar-refractivity contribution is 5.83. The van der Waals surface area contributed by atoms with Crippen molar-refractivity contribution in [1.29, 1.82) is 0 Å². The molecule has 0 amide bonds. The van der Waals surface area contributed by atoms with Gasteiger partial charge < -0.3 is 9.84 Å². The van der Waals surface area contributed by atoms with Gasteiger partial charge in [0.15, 0.2) is 5.78 Å². The predicted octanol–water partition coefficient (Wildman–Crippen LogP) is 6.30. The van der Waals surface area contributed by atoms with Crippen LogP contribution in [0, 0.1) is 52.3 Å². The highest BCUT2D eigenvalue weighted by Crippen LogP contribution is 2.69. The molecule has 1 aromatic carbocycles. The molecular weight excluding hydrogens is 474 g/mol. The van der Waals surface area contributed by atoms with E-state index in [-0.39, 0.29) is 17.9 Å². The smallest absolute Gasteiger partial charge is 0.160 e. The Morgan fingerprint density at radius 1 is 1.05 bits per heavy atom. The first-order valence-corrected chi connectivity index (χ1v) is 15.1. The van der Waals surface area contributed by atoms with E-state index >= 15 is 0 Å². The van der Waals surface area contributed by atoms with Crippen LogP contribution in [0.3, 0.4) is 0 Å². The summed E-state index contributed by atoms with van der Waals surface area (Å²) in [7, 11) is 1.65. The van der Waals surface area contributed by atoms with Crippen molar-refractivity contribution in [3.05, 3.63) is 18.2 Å². The number of nitrogens with zero attached hydrogens (tertiary/aromatic N) is 3. The minimum Gasteiger partial charge on any atom is -0.497 e. The molecule has 1 N–H and O–H groups in total. The minimum absolute atomic E-state index is 0.0480. The number of fused-ring (bicyclic) bond motifs is 6. The molecule has 0 spiro atoms. The number of ether oxygens (including phenoxy) is 1. The van der Waals surface area contributed by atoms with Crippen LogP contribution in [-0.4, -0.2) is 38.6 Å². The molecular formula is C32H47N3O3. The lowest BCUT2D eigenvalue weighted by Gasteiger charge is -2.61. The second kappa shape index (κ2) is 9.04. The van der Waals surface area contributed by atoms with E-state index in [1.807, 2.05) is 25.1 Å². The fraction of sp³-hybridized carbons (Fsp3) is 0.781. The summed E-state index contributed by atoms with van der Waals surface area (Å²) in [6, 6.07) is 5.69. The Morgan fingerprint density at radius 3 is 2.55 bits per heavy atom. The first kappa shape index (κ1) is 26.3. The van der Waals surface area contributed by atoms with Gasteiger partial charge in [0.2, 0.25) is 0 Å². The zero-order valence-corrected chi connectivity index (χ0v) is 24.2. The second-order valence-corrected chi connectivity index (χ2v) is 14.6. The average molecular weight is 522 g/mol. The van der Waals surface area contributed by atoms with Gasteiger partial charge in [0.1, 0.15) is 23.3 Å². The van der Waals surface area contributed by atoms with E-state index in [9.17, 15) is 9.90 Å². The maximum absolute atomic E-state index is 14.2. The molecule has 4 aliphatic carbocycles. The molecule has 38 heavy (non-hydrogen) atoms. The zero-order valence-electron chi connectivity index (χ0n) is 24.2. The normalized spacial score (nSPS) is 42.5. The highest BCUT2D eigenvalue weighted by atomic mass is 16.5. The van der Waals surface area contributed by atoms with Gasteiger partial charge in [-0.05, 0) is 117 Å². The van der Waals surface area contributed by atoms with Gasteiger partial charge in [0, 0.05) is 12.0 Å². The number of hydrogen-bond donors (Lipinski definition) is 1. The number of aliphatic hydroxyl groups is 1. The maximum Gasteiger partial charge on any atom is 0.160 e. The van der Waals surface area contributed by atoms with Gasteiger partial charge in [-0.1, -0.05) is 27.7 Å². The van der Waals surface area contributed by atoms with Crippen molar-refractivity contribution in [2.24, 2.45) is 52.3 Å². The molecule has 4 aliphatic rings. The van der Waals surface area contributed by atoms with Crippen molar-refractivity contribution in [3.63, 3.8) is 0 Å².